The zero-order valence-electron chi connectivity index (χ0n) is 19.2. The number of fused-ring (bicyclic) bond motifs is 1. The van der Waals surface area contributed by atoms with Gasteiger partial charge < -0.3 is 15.0 Å². The number of nitrogens with zero attached hydrogens (tertiary/aromatic N) is 3. The molecule has 0 radical (unpaired) electrons. The van der Waals surface area contributed by atoms with Gasteiger partial charge in [-0.1, -0.05) is 18.2 Å². The Morgan fingerprint density at radius 2 is 1.89 bits per heavy atom. The molecule has 1 aliphatic carbocycles. The average molecular weight is 491 g/mol. The van der Waals surface area contributed by atoms with Crippen molar-refractivity contribution in [3.8, 4) is 0 Å². The maximum Gasteiger partial charge on any atom is 0.270 e. The van der Waals surface area contributed by atoms with Crippen molar-refractivity contribution < 1.29 is 14.5 Å². The molecule has 1 amide bonds. The lowest BCUT2D eigenvalue weighted by atomic mass is 9.95. The second kappa shape index (κ2) is 10.4. The molecule has 0 bridgehead atoms. The van der Waals surface area contributed by atoms with Gasteiger partial charge in [-0.15, -0.1) is 11.3 Å². The monoisotopic (exact) mass is 490 g/mol. The van der Waals surface area contributed by atoms with E-state index >= 15 is 0 Å². The summed E-state index contributed by atoms with van der Waals surface area (Å²) in [5.74, 6) is -0.171. The topological polar surface area (TPSA) is 97.1 Å². The van der Waals surface area contributed by atoms with Gasteiger partial charge >= 0.3 is 0 Å². The van der Waals surface area contributed by atoms with Crippen LogP contribution in [0.4, 0.5) is 22.1 Å². The van der Waals surface area contributed by atoms with E-state index in [1.165, 1.54) is 10.9 Å². The molecule has 2 aromatic carbocycles. The van der Waals surface area contributed by atoms with Gasteiger partial charge in [-0.05, 0) is 49.4 Å². The molecule has 0 saturated carbocycles. The van der Waals surface area contributed by atoms with E-state index in [-0.39, 0.29) is 11.6 Å². The second-order valence-electron chi connectivity index (χ2n) is 8.57. The molecule has 3 aromatic rings. The Morgan fingerprint density at radius 3 is 2.66 bits per heavy atom. The quantitative estimate of drug-likeness (QED) is 0.284. The summed E-state index contributed by atoms with van der Waals surface area (Å²) < 4.78 is 5.46. The highest BCUT2D eigenvalue weighted by Crippen LogP contribution is 2.40. The van der Waals surface area contributed by atoms with Crippen LogP contribution >= 0.6 is 11.3 Å². The first-order valence-corrected chi connectivity index (χ1v) is 12.6. The Morgan fingerprint density at radius 1 is 1.11 bits per heavy atom. The van der Waals surface area contributed by atoms with Crippen molar-refractivity contribution >= 4 is 45.5 Å². The molecular weight excluding hydrogens is 464 g/mol. The number of carbonyl (C=O) groups excluding carboxylic acids is 1. The van der Waals surface area contributed by atoms with Crippen molar-refractivity contribution in [2.75, 3.05) is 36.5 Å². The summed E-state index contributed by atoms with van der Waals surface area (Å²) in [5.41, 5.74) is 3.96. The molecule has 9 heteroatoms. The van der Waals surface area contributed by atoms with E-state index in [0.717, 1.165) is 42.6 Å². The highest BCUT2D eigenvalue weighted by atomic mass is 32.1. The number of aryl methyl sites for hydroxylation is 1. The molecule has 1 aromatic heterocycles. The van der Waals surface area contributed by atoms with Crippen LogP contribution in [0.25, 0.3) is 0 Å². The number of anilines is 2. The maximum absolute atomic E-state index is 13.3. The van der Waals surface area contributed by atoms with Crippen LogP contribution in [-0.4, -0.2) is 43.3 Å². The minimum absolute atomic E-state index is 0.0102. The summed E-state index contributed by atoms with van der Waals surface area (Å²) in [7, 11) is 0. The van der Waals surface area contributed by atoms with E-state index in [1.54, 1.807) is 29.7 Å². The van der Waals surface area contributed by atoms with Crippen LogP contribution in [0.3, 0.4) is 0 Å². The van der Waals surface area contributed by atoms with Crippen LogP contribution in [0.2, 0.25) is 0 Å². The summed E-state index contributed by atoms with van der Waals surface area (Å²) in [4.78, 5) is 32.5. The number of nitrogens with one attached hydrogen (secondary N) is 1. The number of morpholine rings is 1. The molecule has 180 valence electrons. The first-order valence-electron chi connectivity index (χ1n) is 11.8. The third-order valence-corrected chi connectivity index (χ3v) is 7.51. The van der Waals surface area contributed by atoms with Gasteiger partial charge in [-0.25, -0.2) is 4.99 Å². The maximum atomic E-state index is 13.3. The van der Waals surface area contributed by atoms with E-state index in [4.69, 9.17) is 9.73 Å². The van der Waals surface area contributed by atoms with E-state index in [2.05, 4.69) is 10.2 Å². The van der Waals surface area contributed by atoms with E-state index in [9.17, 15) is 14.9 Å². The minimum Gasteiger partial charge on any atom is -0.378 e. The zero-order chi connectivity index (χ0) is 24.2. The number of para-hydroxylation sites is 1. The molecular formula is C26H26N4O4S. The van der Waals surface area contributed by atoms with Gasteiger partial charge in [-0.2, -0.15) is 0 Å². The number of amides is 1. The van der Waals surface area contributed by atoms with Gasteiger partial charge in [0, 0.05) is 53.3 Å². The zero-order valence-corrected chi connectivity index (χ0v) is 20.1. The van der Waals surface area contributed by atoms with Gasteiger partial charge in [0.25, 0.3) is 11.6 Å². The first-order chi connectivity index (χ1) is 17.1. The summed E-state index contributed by atoms with van der Waals surface area (Å²) in [6.07, 6.45) is 5.60. The average Bonchev–Trinajstić information content (AvgIpc) is 3.27. The van der Waals surface area contributed by atoms with Gasteiger partial charge in [0.2, 0.25) is 0 Å². The number of rotatable bonds is 6. The Kier molecular flexibility index (Phi) is 6.87. The number of hydrogen-bond acceptors (Lipinski definition) is 7. The predicted molar refractivity (Wildman–Crippen MR) is 139 cm³/mol. The van der Waals surface area contributed by atoms with Crippen molar-refractivity contribution in [2.45, 2.75) is 25.7 Å². The number of carbonyl (C=O) groups is 1. The molecule has 0 unspecified atom stereocenters. The van der Waals surface area contributed by atoms with E-state index < -0.39 is 4.92 Å². The van der Waals surface area contributed by atoms with Crippen molar-refractivity contribution in [1.29, 1.82) is 0 Å². The van der Waals surface area contributed by atoms with Crippen LogP contribution in [0.1, 0.15) is 39.2 Å². The summed E-state index contributed by atoms with van der Waals surface area (Å²) >= 11 is 1.55. The van der Waals surface area contributed by atoms with Gasteiger partial charge in [0.15, 0.2) is 0 Å². The molecule has 35 heavy (non-hydrogen) atoms. The Labute approximate surface area is 207 Å². The normalized spacial score (nSPS) is 15.7. The van der Waals surface area contributed by atoms with E-state index in [1.807, 2.05) is 30.3 Å². The highest BCUT2D eigenvalue weighted by molar-refractivity contribution is 7.16. The molecule has 0 atom stereocenters. The van der Waals surface area contributed by atoms with Gasteiger partial charge in [-0.3, -0.25) is 14.9 Å². The Bertz CT molecular complexity index is 1270. The van der Waals surface area contributed by atoms with E-state index in [0.29, 0.717) is 42.4 Å². The summed E-state index contributed by atoms with van der Waals surface area (Å²) in [5, 5.41) is 15.1. The largest absolute Gasteiger partial charge is 0.378 e. The number of hydrogen-bond donors (Lipinski definition) is 1. The molecule has 0 spiro atoms. The van der Waals surface area contributed by atoms with Crippen molar-refractivity contribution in [2.24, 2.45) is 4.99 Å². The molecule has 8 nitrogen and oxygen atoms in total. The Hall–Kier alpha value is -3.56. The van der Waals surface area contributed by atoms with Crippen LogP contribution < -0.4 is 10.2 Å². The predicted octanol–water partition coefficient (Wildman–Crippen LogP) is 5.37. The number of nitro groups is 1. The number of ether oxygens (including phenoxy) is 1. The molecule has 1 N–H and O–H groups in total. The standard InChI is InChI=1S/C26H26N4O4S/c31-25(28-19-6-2-1-3-7-19)24-21-8-4-5-9-23(21)35-26(24)27-17-18-16-20(30(32)33)10-11-22(18)29-12-14-34-15-13-29/h1-3,6-7,10-11,16-17H,4-5,8-9,12-15H2,(H,28,31)/b27-17+. The van der Waals surface area contributed by atoms with Crippen molar-refractivity contribution in [3.05, 3.63) is 80.2 Å². The number of thiophene rings is 1. The second-order valence-corrected chi connectivity index (χ2v) is 9.65. The number of benzene rings is 2. The fraction of sp³-hybridized carbons (Fsp3) is 0.308. The molecule has 5 rings (SSSR count). The van der Waals surface area contributed by atoms with Crippen LogP contribution in [0, 0.1) is 10.1 Å². The van der Waals surface area contributed by atoms with Crippen molar-refractivity contribution in [3.63, 3.8) is 0 Å². The minimum atomic E-state index is -0.400. The summed E-state index contributed by atoms with van der Waals surface area (Å²) in [6.45, 7) is 2.62. The third kappa shape index (κ3) is 5.11. The third-order valence-electron chi connectivity index (χ3n) is 6.31. The Balaban J connectivity index is 1.52. The van der Waals surface area contributed by atoms with Gasteiger partial charge in [0.05, 0.1) is 23.7 Å². The SMILES string of the molecule is O=C(Nc1ccccc1)c1c(/N=C/c2cc([N+](=O)[O-])ccc2N2CCOCC2)sc2c1CCCC2. The lowest BCUT2D eigenvalue weighted by molar-refractivity contribution is -0.384. The van der Waals surface area contributed by atoms with Gasteiger partial charge in [0.1, 0.15) is 5.00 Å². The molecule has 2 aliphatic rings. The fourth-order valence-electron chi connectivity index (χ4n) is 4.57. The first kappa shape index (κ1) is 23.2. The molecule has 1 fully saturated rings. The lowest BCUT2D eigenvalue weighted by Gasteiger charge is -2.29. The smallest absolute Gasteiger partial charge is 0.270 e. The van der Waals surface area contributed by atoms with Crippen LogP contribution in [0.5, 0.6) is 0 Å². The molecule has 1 aliphatic heterocycles. The molecule has 1 saturated heterocycles. The summed E-state index contributed by atoms with van der Waals surface area (Å²) in [6, 6.07) is 14.2. The fourth-order valence-corrected chi connectivity index (χ4v) is 5.80. The number of aliphatic imine (C=N–C) groups is 1. The highest BCUT2D eigenvalue weighted by Gasteiger charge is 2.25. The van der Waals surface area contributed by atoms with Crippen LogP contribution in [-0.2, 0) is 17.6 Å². The lowest BCUT2D eigenvalue weighted by Crippen LogP contribution is -2.36. The molecule has 2 heterocycles. The van der Waals surface area contributed by atoms with Crippen LogP contribution in [0.15, 0.2) is 53.5 Å². The number of nitro benzene ring substituents is 1. The van der Waals surface area contributed by atoms with Crippen molar-refractivity contribution in [1.82, 2.24) is 0 Å². The number of non-ortho nitro benzene ring substituents is 1.